The first-order chi connectivity index (χ1) is 9.22. The summed E-state index contributed by atoms with van der Waals surface area (Å²) in [4.78, 5) is 18.9. The van der Waals surface area contributed by atoms with Gasteiger partial charge in [-0.15, -0.1) is 0 Å². The monoisotopic (exact) mass is 252 g/mol. The third-order valence-electron chi connectivity index (χ3n) is 4.08. The Balaban J connectivity index is 1.83. The molecule has 2 aromatic rings. The van der Waals surface area contributed by atoms with Crippen molar-refractivity contribution in [1.29, 1.82) is 0 Å². The number of pyridine rings is 1. The van der Waals surface area contributed by atoms with E-state index in [0.717, 1.165) is 37.1 Å². The number of rotatable bonds is 1. The molecule has 1 aliphatic heterocycles. The Hall–Kier alpha value is -1.90. The van der Waals surface area contributed by atoms with Crippen LogP contribution >= 0.6 is 0 Å². The van der Waals surface area contributed by atoms with E-state index in [2.05, 4.69) is 31.2 Å². The minimum atomic E-state index is 0.265. The highest BCUT2D eigenvalue weighted by Gasteiger charge is 2.37. The van der Waals surface area contributed by atoms with Gasteiger partial charge < -0.3 is 0 Å². The van der Waals surface area contributed by atoms with Crippen molar-refractivity contribution in [3.8, 4) is 0 Å². The first-order valence-electron chi connectivity index (χ1n) is 6.94. The van der Waals surface area contributed by atoms with Crippen LogP contribution in [0.3, 0.4) is 0 Å². The van der Waals surface area contributed by atoms with Crippen LogP contribution in [0, 0.1) is 12.8 Å². The van der Waals surface area contributed by atoms with E-state index in [1.807, 2.05) is 4.90 Å². The van der Waals surface area contributed by atoms with E-state index >= 15 is 0 Å². The summed E-state index contributed by atoms with van der Waals surface area (Å²) in [5.41, 5.74) is 3.41. The Morgan fingerprint density at radius 1 is 1.32 bits per heavy atom. The van der Waals surface area contributed by atoms with Crippen LogP contribution in [-0.2, 0) is 11.2 Å². The molecule has 96 valence electrons. The topological polar surface area (TPSA) is 33.2 Å². The van der Waals surface area contributed by atoms with Crippen LogP contribution in [0.15, 0.2) is 24.3 Å². The lowest BCUT2D eigenvalue weighted by Crippen LogP contribution is -2.30. The molecule has 1 aliphatic carbocycles. The van der Waals surface area contributed by atoms with Crippen molar-refractivity contribution in [2.45, 2.75) is 26.2 Å². The van der Waals surface area contributed by atoms with Crippen LogP contribution < -0.4 is 4.90 Å². The number of carbonyl (C=O) groups excluding carboxylic acids is 1. The van der Waals surface area contributed by atoms with E-state index in [9.17, 15) is 4.79 Å². The number of aromatic nitrogens is 1. The van der Waals surface area contributed by atoms with E-state index in [1.54, 1.807) is 0 Å². The van der Waals surface area contributed by atoms with Crippen LogP contribution in [0.25, 0.3) is 10.9 Å². The van der Waals surface area contributed by atoms with E-state index in [4.69, 9.17) is 4.98 Å². The zero-order chi connectivity index (χ0) is 13.0. The van der Waals surface area contributed by atoms with E-state index < -0.39 is 0 Å². The molecule has 1 fully saturated rings. The third kappa shape index (κ3) is 1.72. The van der Waals surface area contributed by atoms with Crippen LogP contribution in [0.1, 0.15) is 24.0 Å². The second-order valence-corrected chi connectivity index (χ2v) is 5.68. The fourth-order valence-corrected chi connectivity index (χ4v) is 2.83. The van der Waals surface area contributed by atoms with E-state index in [1.165, 1.54) is 16.5 Å². The Morgan fingerprint density at radius 2 is 2.16 bits per heavy atom. The maximum atomic E-state index is 12.3. The predicted octanol–water partition coefficient (Wildman–Crippen LogP) is 2.84. The predicted molar refractivity (Wildman–Crippen MR) is 75.3 cm³/mol. The largest absolute Gasteiger partial charge is 0.296 e. The van der Waals surface area contributed by atoms with Crippen molar-refractivity contribution in [2.24, 2.45) is 5.92 Å². The Bertz CT molecular complexity index is 688. The average Bonchev–Trinajstić information content (AvgIpc) is 3.17. The zero-order valence-corrected chi connectivity index (χ0v) is 11.0. The van der Waals surface area contributed by atoms with Crippen molar-refractivity contribution in [3.63, 3.8) is 0 Å². The molecule has 4 rings (SSSR count). The van der Waals surface area contributed by atoms with Crippen molar-refractivity contribution in [2.75, 3.05) is 11.4 Å². The minimum absolute atomic E-state index is 0.265. The molecule has 0 spiro atoms. The number of hydrogen-bond acceptors (Lipinski definition) is 2. The smallest absolute Gasteiger partial charge is 0.231 e. The lowest BCUT2D eigenvalue weighted by atomic mass is 10.1. The molecule has 0 saturated heterocycles. The van der Waals surface area contributed by atoms with E-state index in [0.29, 0.717) is 0 Å². The molecule has 0 bridgehead atoms. The van der Waals surface area contributed by atoms with Gasteiger partial charge in [0.05, 0.1) is 5.52 Å². The number of aryl methyl sites for hydroxylation is 1. The maximum absolute atomic E-state index is 12.3. The number of anilines is 1. The standard InChI is InChI=1S/C16H16N2O/c1-10-2-3-12-9-13-6-7-18(16(19)11-4-5-11)15(13)17-14(12)8-10/h2-3,8-9,11H,4-7H2,1H3. The molecule has 3 heteroatoms. The molecular weight excluding hydrogens is 236 g/mol. The summed E-state index contributed by atoms with van der Waals surface area (Å²) in [5, 5.41) is 1.17. The molecule has 0 N–H and O–H groups in total. The van der Waals surface area contributed by atoms with Gasteiger partial charge in [-0.3, -0.25) is 9.69 Å². The van der Waals surface area contributed by atoms with Gasteiger partial charge in [-0.2, -0.15) is 0 Å². The fraction of sp³-hybridized carbons (Fsp3) is 0.375. The summed E-state index contributed by atoms with van der Waals surface area (Å²) in [6.07, 6.45) is 3.04. The molecule has 0 unspecified atom stereocenters. The van der Waals surface area contributed by atoms with Crippen molar-refractivity contribution < 1.29 is 4.79 Å². The normalized spacial score (nSPS) is 17.8. The van der Waals surface area contributed by atoms with Crippen LogP contribution in [0.4, 0.5) is 5.82 Å². The first kappa shape index (κ1) is 11.0. The lowest BCUT2D eigenvalue weighted by molar-refractivity contribution is -0.119. The fourth-order valence-electron chi connectivity index (χ4n) is 2.83. The second-order valence-electron chi connectivity index (χ2n) is 5.68. The van der Waals surface area contributed by atoms with E-state index in [-0.39, 0.29) is 11.8 Å². The highest BCUT2D eigenvalue weighted by atomic mass is 16.2. The van der Waals surface area contributed by atoms with Gasteiger partial charge in [0.1, 0.15) is 5.82 Å². The molecule has 1 aromatic carbocycles. The van der Waals surface area contributed by atoms with Crippen molar-refractivity contribution >= 4 is 22.6 Å². The third-order valence-corrected chi connectivity index (χ3v) is 4.08. The van der Waals surface area contributed by atoms with Gasteiger partial charge >= 0.3 is 0 Å². The van der Waals surface area contributed by atoms with Gasteiger partial charge in [0.2, 0.25) is 5.91 Å². The molecule has 0 radical (unpaired) electrons. The highest BCUT2D eigenvalue weighted by molar-refractivity contribution is 5.98. The molecule has 3 nitrogen and oxygen atoms in total. The van der Waals surface area contributed by atoms with Gasteiger partial charge in [0.25, 0.3) is 0 Å². The first-order valence-corrected chi connectivity index (χ1v) is 6.94. The minimum Gasteiger partial charge on any atom is -0.296 e. The lowest BCUT2D eigenvalue weighted by Gasteiger charge is -2.16. The number of nitrogens with zero attached hydrogens (tertiary/aromatic N) is 2. The molecule has 2 aliphatic rings. The molecule has 2 heterocycles. The Morgan fingerprint density at radius 3 is 2.95 bits per heavy atom. The molecule has 1 aromatic heterocycles. The maximum Gasteiger partial charge on any atom is 0.231 e. The van der Waals surface area contributed by atoms with Gasteiger partial charge in [-0.25, -0.2) is 4.98 Å². The summed E-state index contributed by atoms with van der Waals surface area (Å²) in [5.74, 6) is 1.44. The quantitative estimate of drug-likeness (QED) is 0.782. The second kappa shape index (κ2) is 3.80. The number of amides is 1. The summed E-state index contributed by atoms with van der Waals surface area (Å²) in [7, 11) is 0. The summed E-state index contributed by atoms with van der Waals surface area (Å²) in [6.45, 7) is 2.87. The molecule has 0 atom stereocenters. The van der Waals surface area contributed by atoms with Gasteiger partial charge in [0.15, 0.2) is 0 Å². The SMILES string of the molecule is Cc1ccc2cc3c(nc2c1)N(C(=O)C1CC1)CC3. The van der Waals surface area contributed by atoms with Crippen molar-refractivity contribution in [1.82, 2.24) is 4.98 Å². The summed E-state index contributed by atoms with van der Waals surface area (Å²) >= 11 is 0. The van der Waals surface area contributed by atoms with Crippen LogP contribution in [0.5, 0.6) is 0 Å². The number of hydrogen-bond donors (Lipinski definition) is 0. The average molecular weight is 252 g/mol. The Labute approximate surface area is 112 Å². The molecule has 19 heavy (non-hydrogen) atoms. The van der Waals surface area contributed by atoms with Crippen molar-refractivity contribution in [3.05, 3.63) is 35.4 Å². The van der Waals surface area contributed by atoms with Crippen LogP contribution in [-0.4, -0.2) is 17.4 Å². The summed E-state index contributed by atoms with van der Waals surface area (Å²) in [6, 6.07) is 8.51. The summed E-state index contributed by atoms with van der Waals surface area (Å²) < 4.78 is 0. The number of carbonyl (C=O) groups is 1. The number of fused-ring (bicyclic) bond motifs is 2. The van der Waals surface area contributed by atoms with Crippen LogP contribution in [0.2, 0.25) is 0 Å². The van der Waals surface area contributed by atoms with Gasteiger partial charge in [-0.1, -0.05) is 12.1 Å². The van der Waals surface area contributed by atoms with Gasteiger partial charge in [-0.05, 0) is 49.4 Å². The molecule has 1 amide bonds. The Kier molecular flexibility index (Phi) is 2.19. The number of benzene rings is 1. The molecular formula is C16H16N2O. The highest BCUT2D eigenvalue weighted by Crippen LogP contribution is 2.36. The van der Waals surface area contributed by atoms with Gasteiger partial charge in [0, 0.05) is 17.8 Å². The zero-order valence-electron chi connectivity index (χ0n) is 11.0. The molecule has 1 saturated carbocycles.